The van der Waals surface area contributed by atoms with Crippen molar-refractivity contribution in [3.63, 3.8) is 0 Å². The Hall–Kier alpha value is -3.48. The zero-order chi connectivity index (χ0) is 19.6. The molecule has 1 aromatic carbocycles. The predicted octanol–water partition coefficient (Wildman–Crippen LogP) is 3.34. The fraction of sp³-hybridized carbons (Fsp3) is 0.238. The molecule has 7 heteroatoms. The minimum atomic E-state index is -0.130. The van der Waals surface area contributed by atoms with Gasteiger partial charge in [-0.3, -0.25) is 4.79 Å². The summed E-state index contributed by atoms with van der Waals surface area (Å²) in [7, 11) is 0. The predicted molar refractivity (Wildman–Crippen MR) is 111 cm³/mol. The molecule has 0 saturated heterocycles. The first-order valence-corrected chi connectivity index (χ1v) is 9.33. The number of nitrogens with one attached hydrogen (secondary N) is 3. The minimum absolute atomic E-state index is 0.0377. The van der Waals surface area contributed by atoms with Crippen LogP contribution in [-0.4, -0.2) is 33.9 Å². The molecule has 144 valence electrons. The highest BCUT2D eigenvalue weighted by atomic mass is 16.1. The number of nitrogens with zero attached hydrogens (tertiary/aromatic N) is 3. The summed E-state index contributed by atoms with van der Waals surface area (Å²) >= 11 is 0. The molecule has 3 aromatic rings. The molecule has 7 nitrogen and oxygen atoms in total. The highest BCUT2D eigenvalue weighted by molar-refractivity contribution is 5.83. The molecule has 0 bridgehead atoms. The van der Waals surface area contributed by atoms with E-state index in [1.54, 1.807) is 12.3 Å². The average Bonchev–Trinajstić information content (AvgIpc) is 2.74. The SMILES string of the molecule is CCC(C(=O)NCCNc1cc(Nc2ccccn2)ncn1)c1ccccc1. The number of amides is 1. The summed E-state index contributed by atoms with van der Waals surface area (Å²) in [5.74, 6) is 1.95. The number of pyridine rings is 1. The summed E-state index contributed by atoms with van der Waals surface area (Å²) in [5.41, 5.74) is 1.04. The normalized spacial score (nSPS) is 11.5. The molecular weight excluding hydrogens is 352 g/mol. The van der Waals surface area contributed by atoms with Crippen molar-refractivity contribution in [3.05, 3.63) is 72.7 Å². The van der Waals surface area contributed by atoms with Gasteiger partial charge in [-0.1, -0.05) is 43.3 Å². The lowest BCUT2D eigenvalue weighted by atomic mass is 9.96. The lowest BCUT2D eigenvalue weighted by Gasteiger charge is -2.15. The maximum Gasteiger partial charge on any atom is 0.227 e. The van der Waals surface area contributed by atoms with Crippen molar-refractivity contribution in [1.29, 1.82) is 0 Å². The monoisotopic (exact) mass is 376 g/mol. The standard InChI is InChI=1S/C21H24N6O/c1-2-17(16-8-4-3-5-9-16)21(28)24-13-12-23-19-14-20(26-15-25-19)27-18-10-6-7-11-22-18/h3-11,14-15,17H,2,12-13H2,1H3,(H,24,28)(H2,22,23,25,26,27). The van der Waals surface area contributed by atoms with Crippen LogP contribution in [0, 0.1) is 0 Å². The van der Waals surface area contributed by atoms with E-state index in [2.05, 4.69) is 30.9 Å². The Balaban J connectivity index is 1.47. The third-order valence-electron chi connectivity index (χ3n) is 4.25. The largest absolute Gasteiger partial charge is 0.368 e. The molecule has 0 radical (unpaired) electrons. The van der Waals surface area contributed by atoms with E-state index in [0.717, 1.165) is 12.0 Å². The number of anilines is 3. The molecule has 0 aliphatic rings. The van der Waals surface area contributed by atoms with Crippen LogP contribution in [-0.2, 0) is 4.79 Å². The van der Waals surface area contributed by atoms with E-state index in [-0.39, 0.29) is 11.8 Å². The van der Waals surface area contributed by atoms with Crippen molar-refractivity contribution < 1.29 is 4.79 Å². The Kier molecular flexibility index (Phi) is 6.89. The summed E-state index contributed by atoms with van der Waals surface area (Å²) in [4.78, 5) is 25.1. The van der Waals surface area contributed by atoms with Gasteiger partial charge in [0, 0.05) is 25.4 Å². The van der Waals surface area contributed by atoms with Crippen molar-refractivity contribution in [3.8, 4) is 0 Å². The van der Waals surface area contributed by atoms with Crippen LogP contribution in [0.4, 0.5) is 17.5 Å². The second-order valence-corrected chi connectivity index (χ2v) is 6.22. The van der Waals surface area contributed by atoms with Gasteiger partial charge in [-0.2, -0.15) is 0 Å². The molecular formula is C21H24N6O. The summed E-state index contributed by atoms with van der Waals surface area (Å²) in [5, 5.41) is 9.30. The molecule has 1 unspecified atom stereocenters. The Labute approximate surface area is 164 Å². The molecule has 2 aromatic heterocycles. The topological polar surface area (TPSA) is 91.8 Å². The highest BCUT2D eigenvalue weighted by Crippen LogP contribution is 2.19. The third kappa shape index (κ3) is 5.51. The fourth-order valence-corrected chi connectivity index (χ4v) is 2.85. The molecule has 0 spiro atoms. The van der Waals surface area contributed by atoms with E-state index in [1.807, 2.05) is 55.5 Å². The maximum absolute atomic E-state index is 12.5. The van der Waals surface area contributed by atoms with E-state index < -0.39 is 0 Å². The van der Waals surface area contributed by atoms with Gasteiger partial charge in [0.2, 0.25) is 5.91 Å². The van der Waals surface area contributed by atoms with Crippen molar-refractivity contribution in [2.75, 3.05) is 23.7 Å². The Bertz CT molecular complexity index is 872. The van der Waals surface area contributed by atoms with E-state index in [1.165, 1.54) is 6.33 Å². The molecule has 1 amide bonds. The smallest absolute Gasteiger partial charge is 0.227 e. The highest BCUT2D eigenvalue weighted by Gasteiger charge is 2.17. The summed E-state index contributed by atoms with van der Waals surface area (Å²) in [6, 6.07) is 17.3. The van der Waals surface area contributed by atoms with E-state index in [0.29, 0.717) is 30.5 Å². The second-order valence-electron chi connectivity index (χ2n) is 6.22. The minimum Gasteiger partial charge on any atom is -0.368 e. The summed E-state index contributed by atoms with van der Waals surface area (Å²) < 4.78 is 0. The number of carbonyl (C=O) groups excluding carboxylic acids is 1. The molecule has 2 heterocycles. The Morgan fingerprint density at radius 3 is 2.46 bits per heavy atom. The van der Waals surface area contributed by atoms with Crippen LogP contribution in [0.2, 0.25) is 0 Å². The number of benzene rings is 1. The Morgan fingerprint density at radius 2 is 1.71 bits per heavy atom. The molecule has 3 N–H and O–H groups in total. The lowest BCUT2D eigenvalue weighted by molar-refractivity contribution is -0.122. The first-order valence-electron chi connectivity index (χ1n) is 9.33. The van der Waals surface area contributed by atoms with Crippen LogP contribution in [0.25, 0.3) is 0 Å². The molecule has 0 aliphatic carbocycles. The van der Waals surface area contributed by atoms with Crippen molar-refractivity contribution in [2.45, 2.75) is 19.3 Å². The third-order valence-corrected chi connectivity index (χ3v) is 4.25. The van der Waals surface area contributed by atoms with Gasteiger partial charge < -0.3 is 16.0 Å². The maximum atomic E-state index is 12.5. The average molecular weight is 376 g/mol. The number of rotatable bonds is 9. The number of hydrogen-bond acceptors (Lipinski definition) is 6. The van der Waals surface area contributed by atoms with Gasteiger partial charge in [-0.25, -0.2) is 15.0 Å². The second kappa shape index (κ2) is 10.0. The van der Waals surface area contributed by atoms with E-state index in [4.69, 9.17) is 0 Å². The van der Waals surface area contributed by atoms with Gasteiger partial charge in [0.05, 0.1) is 5.92 Å². The first kappa shape index (κ1) is 19.3. The van der Waals surface area contributed by atoms with Crippen LogP contribution in [0.1, 0.15) is 24.8 Å². The molecule has 0 aliphatic heterocycles. The zero-order valence-electron chi connectivity index (χ0n) is 15.8. The van der Waals surface area contributed by atoms with Crippen molar-refractivity contribution in [1.82, 2.24) is 20.3 Å². The molecule has 0 fully saturated rings. The van der Waals surface area contributed by atoms with Gasteiger partial charge in [0.15, 0.2) is 0 Å². The quantitative estimate of drug-likeness (QED) is 0.496. The first-order chi connectivity index (χ1) is 13.8. The molecule has 28 heavy (non-hydrogen) atoms. The van der Waals surface area contributed by atoms with Crippen LogP contribution < -0.4 is 16.0 Å². The summed E-state index contributed by atoms with van der Waals surface area (Å²) in [6.07, 6.45) is 3.96. The van der Waals surface area contributed by atoms with Gasteiger partial charge in [0.25, 0.3) is 0 Å². The molecule has 3 rings (SSSR count). The van der Waals surface area contributed by atoms with Crippen molar-refractivity contribution in [2.24, 2.45) is 0 Å². The van der Waals surface area contributed by atoms with Gasteiger partial charge in [-0.05, 0) is 24.1 Å². The van der Waals surface area contributed by atoms with E-state index in [9.17, 15) is 4.79 Å². The lowest BCUT2D eigenvalue weighted by Crippen LogP contribution is -2.33. The van der Waals surface area contributed by atoms with Gasteiger partial charge in [-0.15, -0.1) is 0 Å². The van der Waals surface area contributed by atoms with Gasteiger partial charge in [0.1, 0.15) is 23.8 Å². The number of hydrogen-bond donors (Lipinski definition) is 3. The van der Waals surface area contributed by atoms with Crippen LogP contribution >= 0.6 is 0 Å². The number of aromatic nitrogens is 3. The zero-order valence-corrected chi connectivity index (χ0v) is 15.8. The van der Waals surface area contributed by atoms with Crippen LogP contribution in [0.3, 0.4) is 0 Å². The van der Waals surface area contributed by atoms with E-state index >= 15 is 0 Å². The Morgan fingerprint density at radius 1 is 0.929 bits per heavy atom. The molecule has 1 atom stereocenters. The molecule has 0 saturated carbocycles. The summed E-state index contributed by atoms with van der Waals surface area (Å²) in [6.45, 7) is 3.10. The van der Waals surface area contributed by atoms with Crippen LogP contribution in [0.5, 0.6) is 0 Å². The number of carbonyl (C=O) groups is 1. The van der Waals surface area contributed by atoms with Crippen LogP contribution in [0.15, 0.2) is 67.1 Å². The van der Waals surface area contributed by atoms with Gasteiger partial charge >= 0.3 is 0 Å². The fourth-order valence-electron chi connectivity index (χ4n) is 2.85. The van der Waals surface area contributed by atoms with Crippen molar-refractivity contribution >= 4 is 23.4 Å².